The first-order valence-corrected chi connectivity index (χ1v) is 6.99. The van der Waals surface area contributed by atoms with E-state index >= 15 is 0 Å². The van der Waals surface area contributed by atoms with E-state index in [9.17, 15) is 18.0 Å². The van der Waals surface area contributed by atoms with Crippen LogP contribution in [0.2, 0.25) is 0 Å². The summed E-state index contributed by atoms with van der Waals surface area (Å²) in [5.74, 6) is -0.272. The molecule has 1 aromatic rings. The Balaban J connectivity index is 2.13. The lowest BCUT2D eigenvalue weighted by atomic mass is 9.97. The van der Waals surface area contributed by atoms with Crippen molar-refractivity contribution in [3.63, 3.8) is 0 Å². The molecule has 0 aromatic heterocycles. The molecule has 0 spiro atoms. The molecular formula is C15H19F3N2O. The van der Waals surface area contributed by atoms with E-state index < -0.39 is 11.7 Å². The number of amides is 1. The summed E-state index contributed by atoms with van der Waals surface area (Å²) < 4.78 is 38.8. The van der Waals surface area contributed by atoms with Crippen molar-refractivity contribution < 1.29 is 18.0 Å². The van der Waals surface area contributed by atoms with Crippen molar-refractivity contribution >= 4 is 5.91 Å². The molecule has 1 amide bonds. The van der Waals surface area contributed by atoms with E-state index in [0.717, 1.165) is 6.07 Å². The van der Waals surface area contributed by atoms with E-state index in [4.69, 9.17) is 5.73 Å². The first-order chi connectivity index (χ1) is 9.79. The van der Waals surface area contributed by atoms with Gasteiger partial charge in [0, 0.05) is 18.6 Å². The molecule has 0 radical (unpaired) electrons. The van der Waals surface area contributed by atoms with Crippen LogP contribution in [0.15, 0.2) is 24.3 Å². The van der Waals surface area contributed by atoms with E-state index in [1.165, 1.54) is 18.2 Å². The van der Waals surface area contributed by atoms with E-state index in [2.05, 4.69) is 0 Å². The van der Waals surface area contributed by atoms with Crippen LogP contribution in [0.5, 0.6) is 0 Å². The van der Waals surface area contributed by atoms with Gasteiger partial charge >= 0.3 is 6.18 Å². The first kappa shape index (κ1) is 15.8. The fraction of sp³-hybridized carbons (Fsp3) is 0.533. The zero-order chi connectivity index (χ0) is 15.6. The van der Waals surface area contributed by atoms with E-state index in [1.807, 2.05) is 6.92 Å². The third-order valence-electron chi connectivity index (χ3n) is 3.90. The monoisotopic (exact) mass is 300 g/mol. The fourth-order valence-corrected chi connectivity index (χ4v) is 2.79. The molecule has 1 saturated heterocycles. The van der Waals surface area contributed by atoms with E-state index in [-0.39, 0.29) is 30.0 Å². The Hall–Kier alpha value is -1.56. The van der Waals surface area contributed by atoms with Crippen molar-refractivity contribution in [3.05, 3.63) is 35.4 Å². The Morgan fingerprint density at radius 1 is 1.38 bits per heavy atom. The minimum atomic E-state index is -4.44. The first-order valence-electron chi connectivity index (χ1n) is 6.99. The lowest BCUT2D eigenvalue weighted by molar-refractivity contribution is -0.139. The zero-order valence-corrected chi connectivity index (χ0v) is 11.9. The summed E-state index contributed by atoms with van der Waals surface area (Å²) in [4.78, 5) is 13.9. The highest BCUT2D eigenvalue weighted by atomic mass is 19.4. The average molecular weight is 300 g/mol. The van der Waals surface area contributed by atoms with Crippen molar-refractivity contribution in [1.82, 2.24) is 4.90 Å². The number of likely N-dealkylation sites (tertiary alicyclic amines) is 1. The molecule has 116 valence electrons. The number of nitrogens with two attached hydrogens (primary N) is 1. The van der Waals surface area contributed by atoms with Crippen molar-refractivity contribution in [3.8, 4) is 0 Å². The number of nitrogens with zero attached hydrogens (tertiary/aromatic N) is 1. The Morgan fingerprint density at radius 3 is 2.67 bits per heavy atom. The second-order valence-electron chi connectivity index (χ2n) is 5.55. The van der Waals surface area contributed by atoms with Gasteiger partial charge in [0.25, 0.3) is 0 Å². The number of piperidine rings is 1. The molecule has 2 rings (SSSR count). The molecule has 1 aliphatic heterocycles. The minimum Gasteiger partial charge on any atom is -0.340 e. The van der Waals surface area contributed by atoms with Crippen LogP contribution in [0.4, 0.5) is 13.2 Å². The number of carbonyl (C=O) groups excluding carboxylic acids is 1. The molecule has 1 aromatic carbocycles. The fourth-order valence-electron chi connectivity index (χ4n) is 2.79. The largest absolute Gasteiger partial charge is 0.416 e. The standard InChI is InChI=1S/C15H19F3N2O/c1-10-8-12(19)6-7-20(10)14(21)9-11-4-2-3-5-13(11)15(16,17)18/h2-5,10,12H,6-9,19H2,1H3/t10-,12-/m0/s1. The molecule has 2 N–H and O–H groups in total. The van der Waals surface area contributed by atoms with Crippen molar-refractivity contribution in [2.75, 3.05) is 6.54 Å². The summed E-state index contributed by atoms with van der Waals surface area (Å²) >= 11 is 0. The third kappa shape index (κ3) is 3.75. The highest BCUT2D eigenvalue weighted by Crippen LogP contribution is 2.32. The van der Waals surface area contributed by atoms with Crippen LogP contribution in [-0.4, -0.2) is 29.4 Å². The van der Waals surface area contributed by atoms with Gasteiger partial charge in [-0.15, -0.1) is 0 Å². The van der Waals surface area contributed by atoms with Gasteiger partial charge in [-0.25, -0.2) is 0 Å². The van der Waals surface area contributed by atoms with E-state index in [1.54, 1.807) is 4.90 Å². The summed E-state index contributed by atoms with van der Waals surface area (Å²) in [5, 5.41) is 0. The lowest BCUT2D eigenvalue weighted by Crippen LogP contribution is -2.48. The topological polar surface area (TPSA) is 46.3 Å². The Labute approximate surface area is 121 Å². The van der Waals surface area contributed by atoms with Gasteiger partial charge in [-0.1, -0.05) is 18.2 Å². The summed E-state index contributed by atoms with van der Waals surface area (Å²) in [5.41, 5.74) is 5.12. The number of benzene rings is 1. The zero-order valence-electron chi connectivity index (χ0n) is 11.9. The number of rotatable bonds is 2. The van der Waals surface area contributed by atoms with Gasteiger partial charge in [0.05, 0.1) is 12.0 Å². The van der Waals surface area contributed by atoms with Crippen LogP contribution in [0.3, 0.4) is 0 Å². The Morgan fingerprint density at radius 2 is 2.05 bits per heavy atom. The third-order valence-corrected chi connectivity index (χ3v) is 3.90. The number of hydrogen-bond acceptors (Lipinski definition) is 2. The van der Waals surface area contributed by atoms with Crippen molar-refractivity contribution in [2.24, 2.45) is 5.73 Å². The maximum absolute atomic E-state index is 12.9. The highest BCUT2D eigenvalue weighted by molar-refractivity contribution is 5.79. The Kier molecular flexibility index (Phi) is 4.56. The lowest BCUT2D eigenvalue weighted by Gasteiger charge is -2.36. The van der Waals surface area contributed by atoms with Gasteiger partial charge in [-0.3, -0.25) is 4.79 Å². The van der Waals surface area contributed by atoms with Gasteiger partial charge < -0.3 is 10.6 Å². The van der Waals surface area contributed by atoms with Gasteiger partial charge in [0.2, 0.25) is 5.91 Å². The smallest absolute Gasteiger partial charge is 0.340 e. The molecule has 1 fully saturated rings. The van der Waals surface area contributed by atoms with Crippen LogP contribution in [0.25, 0.3) is 0 Å². The molecule has 21 heavy (non-hydrogen) atoms. The molecule has 0 unspecified atom stereocenters. The molecule has 0 saturated carbocycles. The van der Waals surface area contributed by atoms with Crippen LogP contribution >= 0.6 is 0 Å². The van der Waals surface area contributed by atoms with Gasteiger partial charge in [0.15, 0.2) is 0 Å². The molecule has 1 heterocycles. The Bertz CT molecular complexity index is 516. The second-order valence-corrected chi connectivity index (χ2v) is 5.55. The normalized spacial score (nSPS) is 23.2. The number of hydrogen-bond donors (Lipinski definition) is 1. The number of halogens is 3. The van der Waals surface area contributed by atoms with Gasteiger partial charge in [-0.2, -0.15) is 13.2 Å². The summed E-state index contributed by atoms with van der Waals surface area (Å²) in [6.45, 7) is 2.39. The molecule has 0 aliphatic carbocycles. The maximum Gasteiger partial charge on any atom is 0.416 e. The molecular weight excluding hydrogens is 281 g/mol. The minimum absolute atomic E-state index is 0.0251. The average Bonchev–Trinajstić information content (AvgIpc) is 2.37. The highest BCUT2D eigenvalue weighted by Gasteiger charge is 2.34. The second kappa shape index (κ2) is 6.05. The maximum atomic E-state index is 12.9. The predicted octanol–water partition coefficient (Wildman–Crippen LogP) is 2.59. The van der Waals surface area contributed by atoms with E-state index in [0.29, 0.717) is 19.4 Å². The van der Waals surface area contributed by atoms with Crippen molar-refractivity contribution in [1.29, 1.82) is 0 Å². The molecule has 2 atom stereocenters. The summed E-state index contributed by atoms with van der Waals surface area (Å²) in [6, 6.07) is 5.26. The quantitative estimate of drug-likeness (QED) is 0.912. The molecule has 1 aliphatic rings. The number of alkyl halides is 3. The molecule has 0 bridgehead atoms. The van der Waals surface area contributed by atoms with Gasteiger partial charge in [-0.05, 0) is 31.4 Å². The number of carbonyl (C=O) groups is 1. The predicted molar refractivity (Wildman–Crippen MR) is 73.5 cm³/mol. The van der Waals surface area contributed by atoms with Gasteiger partial charge in [0.1, 0.15) is 0 Å². The molecule has 6 heteroatoms. The van der Waals surface area contributed by atoms with Crippen LogP contribution < -0.4 is 5.73 Å². The summed E-state index contributed by atoms with van der Waals surface area (Å²) in [7, 11) is 0. The van der Waals surface area contributed by atoms with Crippen LogP contribution in [-0.2, 0) is 17.4 Å². The van der Waals surface area contributed by atoms with Crippen LogP contribution in [0, 0.1) is 0 Å². The SMILES string of the molecule is C[C@H]1C[C@@H](N)CCN1C(=O)Cc1ccccc1C(F)(F)F. The van der Waals surface area contributed by atoms with Crippen LogP contribution in [0.1, 0.15) is 30.9 Å². The summed E-state index contributed by atoms with van der Waals surface area (Å²) in [6.07, 6.45) is -3.29. The molecule has 3 nitrogen and oxygen atoms in total. The van der Waals surface area contributed by atoms with Crippen molar-refractivity contribution in [2.45, 2.75) is 44.4 Å².